The fraction of sp³-hybridized carbons (Fsp3) is 0.526. The molecule has 0 aromatic carbocycles. The Morgan fingerprint density at radius 3 is 2.56 bits per heavy atom. The number of nitrogens with one attached hydrogen (secondary N) is 1. The summed E-state index contributed by atoms with van der Waals surface area (Å²) in [4.78, 5) is 18.8. The van der Waals surface area contributed by atoms with E-state index in [1.807, 2.05) is 12.1 Å². The van der Waals surface area contributed by atoms with E-state index in [-0.39, 0.29) is 0 Å². The summed E-state index contributed by atoms with van der Waals surface area (Å²) in [6.45, 7) is 10.9. The average Bonchev–Trinajstić information content (AvgIpc) is 3.15. The molecule has 25 heavy (non-hydrogen) atoms. The summed E-state index contributed by atoms with van der Waals surface area (Å²) >= 11 is 0. The van der Waals surface area contributed by atoms with Crippen molar-refractivity contribution in [1.29, 1.82) is 0 Å². The highest BCUT2D eigenvalue weighted by Gasteiger charge is 2.30. The minimum absolute atomic E-state index is 0.640. The molecule has 0 amide bonds. The number of anilines is 1. The molecule has 0 spiro atoms. The summed E-state index contributed by atoms with van der Waals surface area (Å²) in [5, 5.41) is 3.44. The lowest BCUT2D eigenvalue weighted by Gasteiger charge is -2.32. The summed E-state index contributed by atoms with van der Waals surface area (Å²) in [6.07, 6.45) is 4.81. The van der Waals surface area contributed by atoms with Crippen LogP contribution in [-0.2, 0) is 0 Å². The largest absolute Gasteiger partial charge is 0.355 e. The Morgan fingerprint density at radius 1 is 1.04 bits per heavy atom. The fourth-order valence-corrected chi connectivity index (χ4v) is 3.83. The second-order valence-electron chi connectivity index (χ2n) is 6.99. The lowest BCUT2D eigenvalue weighted by molar-refractivity contribution is 0.185. The highest BCUT2D eigenvalue weighted by Crippen LogP contribution is 2.28. The van der Waals surface area contributed by atoms with E-state index in [4.69, 9.17) is 9.97 Å². The monoisotopic (exact) mass is 338 g/mol. The van der Waals surface area contributed by atoms with Gasteiger partial charge in [-0.25, -0.2) is 9.97 Å². The summed E-state index contributed by atoms with van der Waals surface area (Å²) in [5.74, 6) is 1.89. The van der Waals surface area contributed by atoms with Crippen molar-refractivity contribution in [2.24, 2.45) is 0 Å². The topological polar surface area (TPSA) is 57.2 Å². The van der Waals surface area contributed by atoms with E-state index in [1.54, 1.807) is 12.4 Å². The zero-order valence-electron chi connectivity index (χ0n) is 15.1. The molecule has 2 aromatic heterocycles. The number of aromatic nitrogens is 3. The lowest BCUT2D eigenvalue weighted by Crippen LogP contribution is -2.49. The van der Waals surface area contributed by atoms with Crippen molar-refractivity contribution >= 4 is 5.82 Å². The minimum atomic E-state index is 0.640. The second kappa shape index (κ2) is 7.06. The Morgan fingerprint density at radius 2 is 1.80 bits per heavy atom. The predicted molar refractivity (Wildman–Crippen MR) is 99.8 cm³/mol. The number of hydrogen-bond donors (Lipinski definition) is 1. The molecule has 0 aliphatic carbocycles. The molecule has 2 aromatic rings. The van der Waals surface area contributed by atoms with Gasteiger partial charge in [-0.15, -0.1) is 0 Å². The van der Waals surface area contributed by atoms with Gasteiger partial charge in [-0.3, -0.25) is 9.88 Å². The van der Waals surface area contributed by atoms with Crippen LogP contribution in [0.15, 0.2) is 24.5 Å². The minimum Gasteiger partial charge on any atom is -0.355 e. The molecule has 2 saturated heterocycles. The standard InChI is InChI=1S/C19H26N6/c1-14-15(2)22-18(16-3-6-20-7-4-16)23-19(14)25-10-5-17(13-25)24-11-8-21-9-12-24/h3-4,6-7,17,21H,5,8-13H2,1-2H3/t17-/m0/s1. The zero-order chi connectivity index (χ0) is 17.2. The maximum absolute atomic E-state index is 4.92. The first-order chi connectivity index (χ1) is 12.2. The quantitative estimate of drug-likeness (QED) is 0.918. The lowest BCUT2D eigenvalue weighted by atomic mass is 10.2. The number of hydrogen-bond acceptors (Lipinski definition) is 6. The Kier molecular flexibility index (Phi) is 4.63. The molecule has 6 nitrogen and oxygen atoms in total. The van der Waals surface area contributed by atoms with Crippen LogP contribution in [0.1, 0.15) is 17.7 Å². The van der Waals surface area contributed by atoms with Crippen molar-refractivity contribution in [2.45, 2.75) is 26.3 Å². The molecule has 2 aliphatic rings. The van der Waals surface area contributed by atoms with Gasteiger partial charge in [0.15, 0.2) is 5.82 Å². The van der Waals surface area contributed by atoms with E-state index in [9.17, 15) is 0 Å². The fourth-order valence-electron chi connectivity index (χ4n) is 3.83. The molecular weight excluding hydrogens is 312 g/mol. The molecule has 0 bridgehead atoms. The van der Waals surface area contributed by atoms with E-state index in [1.165, 1.54) is 12.0 Å². The smallest absolute Gasteiger partial charge is 0.161 e. The van der Waals surface area contributed by atoms with E-state index >= 15 is 0 Å². The third-order valence-corrected chi connectivity index (χ3v) is 5.43. The number of rotatable bonds is 3. The Hall–Kier alpha value is -2.05. The maximum atomic E-state index is 4.92. The number of piperazine rings is 1. The summed E-state index contributed by atoms with van der Waals surface area (Å²) in [7, 11) is 0. The van der Waals surface area contributed by atoms with Gasteiger partial charge in [-0.2, -0.15) is 0 Å². The maximum Gasteiger partial charge on any atom is 0.161 e. The average molecular weight is 338 g/mol. The third-order valence-electron chi connectivity index (χ3n) is 5.43. The molecule has 0 unspecified atom stereocenters. The molecule has 1 atom stereocenters. The molecule has 1 N–H and O–H groups in total. The highest BCUT2D eigenvalue weighted by atomic mass is 15.3. The van der Waals surface area contributed by atoms with E-state index in [0.717, 1.165) is 62.2 Å². The van der Waals surface area contributed by atoms with Crippen molar-refractivity contribution in [3.8, 4) is 11.4 Å². The van der Waals surface area contributed by atoms with Gasteiger partial charge in [-0.1, -0.05) is 0 Å². The van der Waals surface area contributed by atoms with Crippen LogP contribution in [0.2, 0.25) is 0 Å². The van der Waals surface area contributed by atoms with Crippen LogP contribution in [0.25, 0.3) is 11.4 Å². The van der Waals surface area contributed by atoms with Gasteiger partial charge in [-0.05, 0) is 32.4 Å². The number of pyridine rings is 1. The first-order valence-electron chi connectivity index (χ1n) is 9.18. The molecule has 2 fully saturated rings. The number of nitrogens with zero attached hydrogens (tertiary/aromatic N) is 5. The first kappa shape index (κ1) is 16.4. The van der Waals surface area contributed by atoms with Gasteiger partial charge in [0.1, 0.15) is 5.82 Å². The van der Waals surface area contributed by atoms with Crippen LogP contribution >= 0.6 is 0 Å². The first-order valence-corrected chi connectivity index (χ1v) is 9.18. The Labute approximate surface area is 149 Å². The van der Waals surface area contributed by atoms with Crippen molar-refractivity contribution in [3.05, 3.63) is 35.8 Å². The van der Waals surface area contributed by atoms with E-state index < -0.39 is 0 Å². The predicted octanol–water partition coefficient (Wildman–Crippen LogP) is 1.64. The van der Waals surface area contributed by atoms with Crippen LogP contribution in [0.4, 0.5) is 5.82 Å². The van der Waals surface area contributed by atoms with Crippen molar-refractivity contribution < 1.29 is 0 Å². The van der Waals surface area contributed by atoms with E-state index in [2.05, 4.69) is 33.9 Å². The molecular formula is C19H26N6. The molecule has 132 valence electrons. The van der Waals surface area contributed by atoms with Crippen LogP contribution in [0.5, 0.6) is 0 Å². The van der Waals surface area contributed by atoms with Crippen LogP contribution in [0.3, 0.4) is 0 Å². The van der Waals surface area contributed by atoms with Crippen molar-refractivity contribution in [1.82, 2.24) is 25.2 Å². The molecule has 4 heterocycles. The molecule has 6 heteroatoms. The third kappa shape index (κ3) is 3.37. The Balaban J connectivity index is 1.58. The SMILES string of the molecule is Cc1nc(-c2ccncc2)nc(N2CC[C@H](N3CCNCC3)C2)c1C. The Bertz CT molecular complexity index is 726. The number of aryl methyl sites for hydroxylation is 1. The van der Waals surface area contributed by atoms with Gasteiger partial charge in [0.2, 0.25) is 0 Å². The van der Waals surface area contributed by atoms with E-state index in [0.29, 0.717) is 6.04 Å². The van der Waals surface area contributed by atoms with Gasteiger partial charge >= 0.3 is 0 Å². The summed E-state index contributed by atoms with van der Waals surface area (Å²) in [6, 6.07) is 4.59. The second-order valence-corrected chi connectivity index (χ2v) is 6.99. The van der Waals surface area contributed by atoms with Gasteiger partial charge in [0.25, 0.3) is 0 Å². The van der Waals surface area contributed by atoms with Gasteiger partial charge in [0.05, 0.1) is 0 Å². The molecule has 4 rings (SSSR count). The summed E-state index contributed by atoms with van der Waals surface area (Å²) < 4.78 is 0. The van der Waals surface area contributed by atoms with Gasteiger partial charge < -0.3 is 10.2 Å². The normalized spacial score (nSPS) is 21.7. The molecule has 0 radical (unpaired) electrons. The highest BCUT2D eigenvalue weighted by molar-refractivity contribution is 5.60. The summed E-state index contributed by atoms with van der Waals surface area (Å²) in [5.41, 5.74) is 3.28. The van der Waals surface area contributed by atoms with Crippen molar-refractivity contribution in [2.75, 3.05) is 44.2 Å². The molecule has 0 saturated carbocycles. The zero-order valence-corrected chi connectivity index (χ0v) is 15.1. The van der Waals surface area contributed by atoms with Crippen LogP contribution < -0.4 is 10.2 Å². The van der Waals surface area contributed by atoms with Crippen LogP contribution in [0, 0.1) is 13.8 Å². The van der Waals surface area contributed by atoms with Gasteiger partial charge in [0, 0.05) is 74.5 Å². The van der Waals surface area contributed by atoms with Crippen LogP contribution in [-0.4, -0.2) is 65.2 Å². The molecule has 2 aliphatic heterocycles. The van der Waals surface area contributed by atoms with Crippen molar-refractivity contribution in [3.63, 3.8) is 0 Å².